The first-order valence-electron chi connectivity index (χ1n) is 13.1. The van der Waals surface area contributed by atoms with Gasteiger partial charge in [0.25, 0.3) is 11.5 Å². The van der Waals surface area contributed by atoms with Crippen LogP contribution >= 0.6 is 0 Å². The number of amides is 2. The Balaban J connectivity index is 0.00000172. The molecule has 10 heteroatoms. The first-order valence-corrected chi connectivity index (χ1v) is 13.1. The van der Waals surface area contributed by atoms with Crippen LogP contribution in [0.4, 0.5) is 10.5 Å². The molecule has 0 aliphatic carbocycles. The maximum absolute atomic E-state index is 13.5. The molecule has 0 atom stereocenters. The van der Waals surface area contributed by atoms with Crippen molar-refractivity contribution < 1.29 is 23.8 Å². The van der Waals surface area contributed by atoms with E-state index in [4.69, 9.17) is 14.2 Å². The van der Waals surface area contributed by atoms with Crippen LogP contribution in [0.2, 0.25) is 0 Å². The number of ether oxygens (including phenoxy) is 3. The zero-order valence-corrected chi connectivity index (χ0v) is 22.7. The quantitative estimate of drug-likeness (QED) is 0.488. The predicted molar refractivity (Wildman–Crippen MR) is 146 cm³/mol. The molecule has 2 aromatic carbocycles. The second kappa shape index (κ2) is 12.1. The second-order valence-electron chi connectivity index (χ2n) is 9.28. The Kier molecular flexibility index (Phi) is 8.65. The van der Waals surface area contributed by atoms with E-state index in [2.05, 4.69) is 10.3 Å². The number of hydrogen-bond donors (Lipinski definition) is 1. The molecule has 3 aromatic rings. The van der Waals surface area contributed by atoms with Gasteiger partial charge in [-0.05, 0) is 31.0 Å². The van der Waals surface area contributed by atoms with Crippen molar-refractivity contribution in [1.29, 1.82) is 0 Å². The van der Waals surface area contributed by atoms with Crippen molar-refractivity contribution >= 4 is 17.7 Å². The number of rotatable bonds is 7. The maximum Gasteiger partial charge on any atom is 0.414 e. The van der Waals surface area contributed by atoms with Gasteiger partial charge in [0.1, 0.15) is 24.6 Å². The molecule has 0 unspecified atom stereocenters. The van der Waals surface area contributed by atoms with Crippen LogP contribution in [0.15, 0.2) is 59.4 Å². The summed E-state index contributed by atoms with van der Waals surface area (Å²) in [5.41, 5.74) is 0.837. The first kappa shape index (κ1) is 27.8. The van der Waals surface area contributed by atoms with E-state index >= 15 is 0 Å². The molecule has 0 radical (unpaired) electrons. The molecule has 2 aliphatic heterocycles. The van der Waals surface area contributed by atoms with Gasteiger partial charge in [0.2, 0.25) is 5.75 Å². The molecule has 10 nitrogen and oxygen atoms in total. The highest BCUT2D eigenvalue weighted by Gasteiger charge is 2.35. The molecule has 206 valence electrons. The van der Waals surface area contributed by atoms with E-state index in [0.717, 1.165) is 11.1 Å². The summed E-state index contributed by atoms with van der Waals surface area (Å²) in [6, 6.07) is 16.6. The average Bonchev–Trinajstić information content (AvgIpc) is 3.38. The highest BCUT2D eigenvalue weighted by atomic mass is 16.6. The van der Waals surface area contributed by atoms with Gasteiger partial charge in [-0.1, -0.05) is 62.4 Å². The van der Waals surface area contributed by atoms with Crippen molar-refractivity contribution in [2.45, 2.75) is 53.0 Å². The lowest BCUT2D eigenvalue weighted by atomic mass is 10.1. The molecule has 5 rings (SSSR count). The fourth-order valence-electron chi connectivity index (χ4n) is 4.47. The third-order valence-electron chi connectivity index (χ3n) is 6.37. The molecule has 0 saturated carbocycles. The lowest BCUT2D eigenvalue weighted by Crippen LogP contribution is -2.43. The topological polar surface area (TPSA) is 112 Å². The number of aromatic nitrogens is 2. The van der Waals surface area contributed by atoms with E-state index in [0.29, 0.717) is 37.8 Å². The van der Waals surface area contributed by atoms with Gasteiger partial charge < -0.3 is 19.5 Å². The average molecular weight is 535 g/mol. The fourth-order valence-corrected chi connectivity index (χ4v) is 4.47. The summed E-state index contributed by atoms with van der Waals surface area (Å²) in [6.45, 7) is 9.23. The van der Waals surface area contributed by atoms with Crippen molar-refractivity contribution in [3.8, 4) is 5.75 Å². The Hall–Kier alpha value is -4.18. The summed E-state index contributed by atoms with van der Waals surface area (Å²) >= 11 is 0. The normalized spacial score (nSPS) is 15.5. The summed E-state index contributed by atoms with van der Waals surface area (Å²) in [7, 11) is 0. The number of carbonyl (C=O) groups excluding carboxylic acids is 2. The van der Waals surface area contributed by atoms with Crippen LogP contribution in [0.1, 0.15) is 55.1 Å². The minimum atomic E-state index is -0.854. The number of para-hydroxylation sites is 1. The molecule has 0 bridgehead atoms. The second-order valence-corrected chi connectivity index (χ2v) is 9.28. The Bertz CT molecular complexity index is 1390. The van der Waals surface area contributed by atoms with Gasteiger partial charge in [0.15, 0.2) is 5.69 Å². The van der Waals surface area contributed by atoms with Gasteiger partial charge >= 0.3 is 6.09 Å². The lowest BCUT2D eigenvalue weighted by molar-refractivity contribution is -0.0567. The van der Waals surface area contributed by atoms with E-state index in [1.807, 2.05) is 76.2 Å². The zero-order chi connectivity index (χ0) is 28.0. The SMILES string of the molecule is CC.CC1(C)OCCn2c1nc(C(=O)NCc1ccccc1N1CCOC1=O)c(OCc1ccccc1)c2=O. The molecule has 1 N–H and O–H groups in total. The monoisotopic (exact) mass is 534 g/mol. The van der Waals surface area contributed by atoms with Gasteiger partial charge in [-0.15, -0.1) is 0 Å². The third kappa shape index (κ3) is 5.96. The summed E-state index contributed by atoms with van der Waals surface area (Å²) in [5.74, 6) is -0.316. The standard InChI is InChI=1S/C27H28N4O6.C2H6/c1-27(2)25-29-21(22(24(33)31(25)13-15-37-27)36-17-18-8-4-3-5-9-18)23(32)28-16-19-10-6-7-11-20(19)30-12-14-35-26(30)34;1-2/h3-11H,12-17H2,1-2H3,(H,28,32);1-2H3. The smallest absolute Gasteiger partial charge is 0.414 e. The number of fused-ring (bicyclic) bond motifs is 1. The highest BCUT2D eigenvalue weighted by Crippen LogP contribution is 2.28. The van der Waals surface area contributed by atoms with Crippen LogP contribution in [0.3, 0.4) is 0 Å². The summed E-state index contributed by atoms with van der Waals surface area (Å²) in [5, 5.41) is 2.84. The van der Waals surface area contributed by atoms with Crippen LogP contribution in [0.25, 0.3) is 0 Å². The van der Waals surface area contributed by atoms with Crippen molar-refractivity contribution in [2.75, 3.05) is 24.7 Å². The molecule has 39 heavy (non-hydrogen) atoms. The van der Waals surface area contributed by atoms with E-state index in [1.165, 1.54) is 9.47 Å². The third-order valence-corrected chi connectivity index (χ3v) is 6.37. The summed E-state index contributed by atoms with van der Waals surface area (Å²) < 4.78 is 18.3. The van der Waals surface area contributed by atoms with Crippen molar-refractivity contribution in [3.63, 3.8) is 0 Å². The number of anilines is 1. The van der Waals surface area contributed by atoms with Crippen molar-refractivity contribution in [1.82, 2.24) is 14.9 Å². The molecule has 2 amide bonds. The fraction of sp³-hybridized carbons (Fsp3) is 0.379. The van der Waals surface area contributed by atoms with Gasteiger partial charge in [-0.2, -0.15) is 0 Å². The van der Waals surface area contributed by atoms with Crippen molar-refractivity contribution in [3.05, 3.63) is 87.6 Å². The molecular weight excluding hydrogens is 500 g/mol. The number of nitrogens with zero attached hydrogens (tertiary/aromatic N) is 3. The number of cyclic esters (lactones) is 1. The van der Waals surface area contributed by atoms with Crippen LogP contribution in [-0.2, 0) is 34.8 Å². The van der Waals surface area contributed by atoms with Crippen molar-refractivity contribution in [2.24, 2.45) is 0 Å². The zero-order valence-electron chi connectivity index (χ0n) is 22.7. The Morgan fingerprint density at radius 1 is 1.03 bits per heavy atom. The Labute approximate surface area is 227 Å². The minimum Gasteiger partial charge on any atom is -0.481 e. The molecule has 0 spiro atoms. The molecule has 1 aromatic heterocycles. The van der Waals surface area contributed by atoms with Crippen LogP contribution in [0.5, 0.6) is 5.75 Å². The van der Waals surface area contributed by atoms with Gasteiger partial charge in [0.05, 0.1) is 25.4 Å². The highest BCUT2D eigenvalue weighted by molar-refractivity contribution is 5.95. The molecular formula is C29H34N4O6. The Morgan fingerprint density at radius 3 is 2.46 bits per heavy atom. The predicted octanol–water partition coefficient (Wildman–Crippen LogP) is 4.00. The minimum absolute atomic E-state index is 0.108. The van der Waals surface area contributed by atoms with Crippen LogP contribution in [0, 0.1) is 0 Å². The van der Waals surface area contributed by atoms with Gasteiger partial charge in [-0.3, -0.25) is 19.1 Å². The Morgan fingerprint density at radius 2 is 1.74 bits per heavy atom. The van der Waals surface area contributed by atoms with E-state index in [-0.39, 0.29) is 24.6 Å². The largest absolute Gasteiger partial charge is 0.481 e. The van der Waals surface area contributed by atoms with E-state index < -0.39 is 23.2 Å². The van der Waals surface area contributed by atoms with Crippen LogP contribution in [-0.4, -0.2) is 41.3 Å². The number of hydrogen-bond acceptors (Lipinski definition) is 7. The molecule has 2 aliphatic rings. The van der Waals surface area contributed by atoms with Gasteiger partial charge in [0, 0.05) is 6.54 Å². The number of carbonyl (C=O) groups is 2. The lowest BCUT2D eigenvalue weighted by Gasteiger charge is -2.32. The maximum atomic E-state index is 13.5. The van der Waals surface area contributed by atoms with E-state index in [1.54, 1.807) is 6.07 Å². The number of benzene rings is 2. The first-order chi connectivity index (χ1) is 18.8. The molecule has 3 heterocycles. The van der Waals surface area contributed by atoms with E-state index in [9.17, 15) is 14.4 Å². The molecule has 1 fully saturated rings. The summed E-state index contributed by atoms with van der Waals surface area (Å²) in [4.78, 5) is 45.1. The van der Waals surface area contributed by atoms with Gasteiger partial charge in [-0.25, -0.2) is 9.78 Å². The molecule has 1 saturated heterocycles. The van der Waals surface area contributed by atoms with Crippen LogP contribution < -0.4 is 20.5 Å². The number of nitrogens with one attached hydrogen (secondary N) is 1. The summed E-state index contributed by atoms with van der Waals surface area (Å²) in [6.07, 6.45) is -0.429.